The molecule has 0 bridgehead atoms. The number of hydrogen-bond acceptors (Lipinski definition) is 10. The summed E-state index contributed by atoms with van der Waals surface area (Å²) >= 11 is 0. The van der Waals surface area contributed by atoms with E-state index in [2.05, 4.69) is 5.32 Å². The molecule has 12 nitrogen and oxygen atoms in total. The van der Waals surface area contributed by atoms with Crippen molar-refractivity contribution in [3.63, 3.8) is 0 Å². The van der Waals surface area contributed by atoms with Crippen molar-refractivity contribution in [2.24, 2.45) is 0 Å². The highest BCUT2D eigenvalue weighted by Gasteiger charge is 2.55. The Kier molecular flexibility index (Phi) is 13.7. The van der Waals surface area contributed by atoms with Gasteiger partial charge < -0.3 is 39.4 Å². The van der Waals surface area contributed by atoms with E-state index < -0.39 is 72.1 Å². The summed E-state index contributed by atoms with van der Waals surface area (Å²) in [5.41, 5.74) is 3.06. The topological polar surface area (TPSA) is 161 Å². The number of nitrogens with zero attached hydrogens (tertiary/aromatic N) is 1. The van der Waals surface area contributed by atoms with E-state index in [1.54, 1.807) is 63.2 Å². The summed E-state index contributed by atoms with van der Waals surface area (Å²) in [6, 6.07) is 31.5. The number of ether oxygens (including phenoxy) is 4. The Morgan fingerprint density at radius 3 is 2.21 bits per heavy atom. The van der Waals surface area contributed by atoms with Gasteiger partial charge in [0.1, 0.15) is 35.7 Å². The van der Waals surface area contributed by atoms with Gasteiger partial charge in [-0.3, -0.25) is 14.4 Å². The van der Waals surface area contributed by atoms with Crippen molar-refractivity contribution in [2.75, 3.05) is 13.2 Å². The number of aliphatic hydroxyl groups excluding tert-OH is 1. The standard InChI is InChI=1S/C50H54N2O10/c1-49(2,3)61-44(55)28-27-39(32-53)51-46(56)40-21-13-29-52(40)47(57)36-30-42(59-48(58)35-25-23-33(24-26-35)14-12-16-34-15-10-11-22-41(34)54)45-43(31-36)60-50(62-45,37-17-6-4-7-18-37)38-19-8-5-9-20-38/h4-12,14-15,17-20,22-26,31,39-40,42-43,45,53-54H,13,16,21,27-30,32H2,1-3H3,(H,51,56). The predicted molar refractivity (Wildman–Crippen MR) is 231 cm³/mol. The van der Waals surface area contributed by atoms with Crippen LogP contribution in [0.25, 0.3) is 6.08 Å². The molecule has 0 saturated carbocycles. The fraction of sp³-hybridized carbons (Fsp3) is 0.360. The molecule has 3 aliphatic rings. The lowest BCUT2D eigenvalue weighted by Gasteiger charge is -2.33. The van der Waals surface area contributed by atoms with E-state index in [-0.39, 0.29) is 25.0 Å². The number of hydrogen-bond donors (Lipinski definition) is 3. The van der Waals surface area contributed by atoms with Crippen molar-refractivity contribution in [3.05, 3.63) is 155 Å². The molecule has 7 rings (SSSR count). The first-order valence-corrected chi connectivity index (χ1v) is 21.2. The number of benzene rings is 4. The molecule has 2 saturated heterocycles. The van der Waals surface area contributed by atoms with Crippen molar-refractivity contribution < 1.29 is 48.3 Å². The lowest BCUT2D eigenvalue weighted by Crippen LogP contribution is -2.51. The lowest BCUT2D eigenvalue weighted by molar-refractivity contribution is -0.157. The van der Waals surface area contributed by atoms with Gasteiger partial charge >= 0.3 is 11.9 Å². The Morgan fingerprint density at radius 2 is 1.56 bits per heavy atom. The number of phenols is 1. The van der Waals surface area contributed by atoms with E-state index in [9.17, 15) is 29.4 Å². The van der Waals surface area contributed by atoms with Crippen molar-refractivity contribution >= 4 is 29.8 Å². The van der Waals surface area contributed by atoms with Crippen molar-refractivity contribution in [2.45, 2.75) is 101 Å². The number of esters is 2. The highest BCUT2D eigenvalue weighted by atomic mass is 16.8. The average molecular weight is 843 g/mol. The van der Waals surface area contributed by atoms with E-state index in [0.29, 0.717) is 36.9 Å². The van der Waals surface area contributed by atoms with Crippen LogP contribution in [0.15, 0.2) is 127 Å². The minimum atomic E-state index is -1.39. The van der Waals surface area contributed by atoms with Crippen LogP contribution in [0, 0.1) is 0 Å². The zero-order valence-corrected chi connectivity index (χ0v) is 35.3. The quantitative estimate of drug-likeness (QED) is 0.116. The first kappa shape index (κ1) is 44.0. The fourth-order valence-electron chi connectivity index (χ4n) is 8.18. The molecule has 5 atom stereocenters. The summed E-state index contributed by atoms with van der Waals surface area (Å²) in [5, 5.41) is 23.0. The highest BCUT2D eigenvalue weighted by molar-refractivity contribution is 5.98. The van der Waals surface area contributed by atoms with Crippen LogP contribution in [0.3, 0.4) is 0 Å². The summed E-state index contributed by atoms with van der Waals surface area (Å²) in [6.45, 7) is 5.23. The zero-order valence-electron chi connectivity index (χ0n) is 35.3. The lowest BCUT2D eigenvalue weighted by atomic mass is 9.91. The summed E-state index contributed by atoms with van der Waals surface area (Å²) in [6.07, 6.45) is 4.68. The third-order valence-electron chi connectivity index (χ3n) is 11.2. The van der Waals surface area contributed by atoms with E-state index in [4.69, 9.17) is 18.9 Å². The molecule has 3 N–H and O–H groups in total. The van der Waals surface area contributed by atoms with Gasteiger partial charge in [0.25, 0.3) is 0 Å². The molecule has 324 valence electrons. The molecule has 5 unspecified atom stereocenters. The van der Waals surface area contributed by atoms with Gasteiger partial charge in [0, 0.05) is 36.1 Å². The zero-order chi connectivity index (χ0) is 43.9. The second kappa shape index (κ2) is 19.3. The minimum absolute atomic E-state index is 0.00189. The maximum Gasteiger partial charge on any atom is 0.338 e. The third-order valence-corrected chi connectivity index (χ3v) is 11.2. The number of nitrogens with one attached hydrogen (secondary N) is 1. The second-order valence-corrected chi connectivity index (χ2v) is 16.9. The average Bonchev–Trinajstić information content (AvgIpc) is 3.93. The number of phenolic OH excluding ortho intramolecular Hbond substituents is 1. The van der Waals surface area contributed by atoms with Gasteiger partial charge in [0.15, 0.2) is 0 Å². The van der Waals surface area contributed by atoms with Crippen molar-refractivity contribution in [1.29, 1.82) is 0 Å². The maximum atomic E-state index is 14.6. The monoisotopic (exact) mass is 842 g/mol. The smallest absolute Gasteiger partial charge is 0.338 e. The molecule has 2 fully saturated rings. The number of aromatic hydroxyl groups is 1. The molecule has 2 amide bonds. The normalized spacial score (nSPS) is 21.2. The summed E-state index contributed by atoms with van der Waals surface area (Å²) in [5.74, 6) is -3.03. The van der Waals surface area contributed by atoms with Crippen LogP contribution < -0.4 is 5.32 Å². The number of fused-ring (bicyclic) bond motifs is 1. The van der Waals surface area contributed by atoms with Crippen LogP contribution in [-0.4, -0.2) is 88.0 Å². The molecule has 2 heterocycles. The Morgan fingerprint density at radius 1 is 0.903 bits per heavy atom. The molecular formula is C50H54N2O10. The third kappa shape index (κ3) is 10.3. The first-order chi connectivity index (χ1) is 29.8. The molecule has 4 aromatic carbocycles. The second-order valence-electron chi connectivity index (χ2n) is 16.9. The molecule has 1 aliphatic carbocycles. The van der Waals surface area contributed by atoms with Crippen LogP contribution in [0.4, 0.5) is 0 Å². The number of carbonyl (C=O) groups excluding carboxylic acids is 4. The Balaban J connectivity index is 1.11. The maximum absolute atomic E-state index is 14.6. The Labute approximate surface area is 362 Å². The van der Waals surface area contributed by atoms with E-state index >= 15 is 0 Å². The first-order valence-electron chi connectivity index (χ1n) is 21.2. The SMILES string of the molecule is CC(C)(C)OC(=O)CCC(CO)NC(=O)C1CCCN1C(=O)C1=CC2OC(c3ccccc3)(c3ccccc3)OC2C(OC(=O)c2ccc(C=CCc3ccccc3O)cc2)C1. The number of allylic oxidation sites excluding steroid dienone is 1. The molecule has 0 spiro atoms. The van der Waals surface area contributed by atoms with Gasteiger partial charge in [-0.15, -0.1) is 0 Å². The fourth-order valence-corrected chi connectivity index (χ4v) is 8.18. The van der Waals surface area contributed by atoms with Gasteiger partial charge in [0.05, 0.1) is 18.2 Å². The number of para-hydroxylation sites is 1. The van der Waals surface area contributed by atoms with Crippen LogP contribution >= 0.6 is 0 Å². The molecular weight excluding hydrogens is 789 g/mol. The Bertz CT molecular complexity index is 2230. The molecule has 12 heteroatoms. The van der Waals surface area contributed by atoms with E-state index in [0.717, 1.165) is 22.3 Å². The van der Waals surface area contributed by atoms with E-state index in [1.165, 1.54) is 4.90 Å². The number of aliphatic hydroxyl groups is 1. The van der Waals surface area contributed by atoms with Crippen molar-refractivity contribution in [3.8, 4) is 5.75 Å². The van der Waals surface area contributed by atoms with Crippen LogP contribution in [-0.2, 0) is 45.5 Å². The van der Waals surface area contributed by atoms with Gasteiger partial charge in [-0.05, 0) is 81.9 Å². The summed E-state index contributed by atoms with van der Waals surface area (Å²) < 4.78 is 25.4. The summed E-state index contributed by atoms with van der Waals surface area (Å²) in [7, 11) is 0. The number of rotatable bonds is 14. The van der Waals surface area contributed by atoms with Crippen LogP contribution in [0.1, 0.15) is 85.5 Å². The van der Waals surface area contributed by atoms with Crippen LogP contribution in [0.5, 0.6) is 5.75 Å². The highest BCUT2D eigenvalue weighted by Crippen LogP contribution is 2.47. The molecule has 62 heavy (non-hydrogen) atoms. The number of amides is 2. The molecule has 0 radical (unpaired) electrons. The predicted octanol–water partition coefficient (Wildman–Crippen LogP) is 6.78. The van der Waals surface area contributed by atoms with Crippen LogP contribution in [0.2, 0.25) is 0 Å². The molecule has 0 aromatic heterocycles. The van der Waals surface area contributed by atoms with E-state index in [1.807, 2.05) is 84.9 Å². The number of likely N-dealkylation sites (tertiary alicyclic amines) is 1. The molecule has 4 aromatic rings. The Hall–Kier alpha value is -6.08. The van der Waals surface area contributed by atoms with Gasteiger partial charge in [-0.1, -0.05) is 103 Å². The van der Waals surface area contributed by atoms with Gasteiger partial charge in [0.2, 0.25) is 17.6 Å². The summed E-state index contributed by atoms with van der Waals surface area (Å²) in [4.78, 5) is 56.1. The van der Waals surface area contributed by atoms with Gasteiger partial charge in [-0.25, -0.2) is 4.79 Å². The van der Waals surface area contributed by atoms with Crippen molar-refractivity contribution in [1.82, 2.24) is 10.2 Å². The molecule has 2 aliphatic heterocycles. The number of carbonyl (C=O) groups is 4. The largest absolute Gasteiger partial charge is 0.508 e. The van der Waals surface area contributed by atoms with Gasteiger partial charge in [-0.2, -0.15) is 0 Å². The minimum Gasteiger partial charge on any atom is -0.508 e.